The fraction of sp³-hybridized carbons (Fsp3) is 0.417. The molecule has 0 aromatic heterocycles. The summed E-state index contributed by atoms with van der Waals surface area (Å²) in [6.45, 7) is -0.219. The normalized spacial score (nSPS) is 11.9. The van der Waals surface area contributed by atoms with Gasteiger partial charge in [0.15, 0.2) is 0 Å². The lowest BCUT2D eigenvalue weighted by Crippen LogP contribution is -2.14. The lowest BCUT2D eigenvalue weighted by Gasteiger charge is -2.08. The standard InChI is InChI=1S/C12H15NO3S/c1-16-12-4-9(2-3-10(12)5-13)7-17-8-11(15)6-14/h2-4,11,14-15H,6-8H2,1H3. The predicted molar refractivity (Wildman–Crippen MR) is 67.0 cm³/mol. The van der Waals surface area contributed by atoms with E-state index in [0.717, 1.165) is 5.56 Å². The minimum Gasteiger partial charge on any atom is -0.495 e. The quantitative estimate of drug-likeness (QED) is 0.795. The van der Waals surface area contributed by atoms with E-state index in [1.807, 2.05) is 12.1 Å². The first-order chi connectivity index (χ1) is 8.21. The van der Waals surface area contributed by atoms with E-state index in [9.17, 15) is 5.11 Å². The van der Waals surface area contributed by atoms with Gasteiger partial charge in [0.25, 0.3) is 0 Å². The highest BCUT2D eigenvalue weighted by Crippen LogP contribution is 2.22. The zero-order chi connectivity index (χ0) is 12.7. The van der Waals surface area contributed by atoms with Gasteiger partial charge < -0.3 is 14.9 Å². The summed E-state index contributed by atoms with van der Waals surface area (Å²) in [4.78, 5) is 0. The maximum absolute atomic E-state index is 9.18. The number of benzene rings is 1. The lowest BCUT2D eigenvalue weighted by atomic mass is 10.1. The second kappa shape index (κ2) is 7.17. The zero-order valence-electron chi connectivity index (χ0n) is 9.59. The average molecular weight is 253 g/mol. The molecular formula is C12H15NO3S. The number of nitrogens with zero attached hydrogens (tertiary/aromatic N) is 1. The maximum atomic E-state index is 9.18. The van der Waals surface area contributed by atoms with Crippen molar-refractivity contribution in [1.29, 1.82) is 5.26 Å². The number of thioether (sulfide) groups is 1. The van der Waals surface area contributed by atoms with Crippen LogP contribution < -0.4 is 4.74 Å². The molecule has 0 fully saturated rings. The summed E-state index contributed by atoms with van der Waals surface area (Å²) in [6.07, 6.45) is -0.680. The smallest absolute Gasteiger partial charge is 0.136 e. The van der Waals surface area contributed by atoms with Crippen LogP contribution in [0.5, 0.6) is 5.75 Å². The number of nitriles is 1. The Morgan fingerprint density at radius 2 is 2.29 bits per heavy atom. The van der Waals surface area contributed by atoms with Crippen molar-refractivity contribution < 1.29 is 14.9 Å². The van der Waals surface area contributed by atoms with Crippen molar-refractivity contribution in [3.8, 4) is 11.8 Å². The van der Waals surface area contributed by atoms with Crippen molar-refractivity contribution in [1.82, 2.24) is 0 Å². The number of aliphatic hydroxyl groups excluding tert-OH is 2. The average Bonchev–Trinajstić information content (AvgIpc) is 2.38. The van der Waals surface area contributed by atoms with Crippen LogP contribution in [0.2, 0.25) is 0 Å². The third-order valence-electron chi connectivity index (χ3n) is 2.18. The number of methoxy groups -OCH3 is 1. The Morgan fingerprint density at radius 3 is 2.88 bits per heavy atom. The van der Waals surface area contributed by atoms with Gasteiger partial charge >= 0.3 is 0 Å². The SMILES string of the molecule is COc1cc(CSCC(O)CO)ccc1C#N. The van der Waals surface area contributed by atoms with Gasteiger partial charge in [-0.1, -0.05) is 6.07 Å². The lowest BCUT2D eigenvalue weighted by molar-refractivity contribution is 0.113. The van der Waals surface area contributed by atoms with Gasteiger partial charge in [0.1, 0.15) is 11.8 Å². The van der Waals surface area contributed by atoms with Crippen molar-refractivity contribution in [3.05, 3.63) is 29.3 Å². The second-order valence-electron chi connectivity index (χ2n) is 3.50. The molecule has 0 radical (unpaired) electrons. The van der Waals surface area contributed by atoms with Crippen molar-refractivity contribution >= 4 is 11.8 Å². The Kier molecular flexibility index (Phi) is 5.84. The first kappa shape index (κ1) is 13.8. The van der Waals surface area contributed by atoms with Crippen molar-refractivity contribution in [2.45, 2.75) is 11.9 Å². The highest BCUT2D eigenvalue weighted by molar-refractivity contribution is 7.98. The van der Waals surface area contributed by atoms with E-state index < -0.39 is 6.10 Å². The molecule has 1 rings (SSSR count). The Bertz CT molecular complexity index is 403. The fourth-order valence-electron chi connectivity index (χ4n) is 1.28. The van der Waals surface area contributed by atoms with E-state index >= 15 is 0 Å². The Labute approximate surface area is 105 Å². The number of aliphatic hydroxyl groups is 2. The van der Waals surface area contributed by atoms with Crippen LogP contribution in [0.1, 0.15) is 11.1 Å². The first-order valence-electron chi connectivity index (χ1n) is 5.15. The fourth-order valence-corrected chi connectivity index (χ4v) is 2.19. The third kappa shape index (κ3) is 4.27. The summed E-state index contributed by atoms with van der Waals surface area (Å²) < 4.78 is 5.10. The molecule has 92 valence electrons. The number of hydrogen-bond donors (Lipinski definition) is 2. The highest BCUT2D eigenvalue weighted by Gasteiger charge is 2.05. The molecule has 1 atom stereocenters. The molecule has 0 bridgehead atoms. The Morgan fingerprint density at radius 1 is 1.53 bits per heavy atom. The largest absolute Gasteiger partial charge is 0.495 e. The van der Waals surface area contributed by atoms with Gasteiger partial charge in [-0.05, 0) is 17.7 Å². The molecule has 0 amide bonds. The molecule has 0 saturated carbocycles. The van der Waals surface area contributed by atoms with Gasteiger partial charge in [-0.15, -0.1) is 0 Å². The van der Waals surface area contributed by atoms with Gasteiger partial charge in [0.05, 0.1) is 25.4 Å². The molecule has 0 aliphatic rings. The van der Waals surface area contributed by atoms with Crippen molar-refractivity contribution in [3.63, 3.8) is 0 Å². The predicted octanol–water partition coefficient (Wildman–Crippen LogP) is 1.15. The van der Waals surface area contributed by atoms with Crippen LogP contribution in [0.15, 0.2) is 18.2 Å². The van der Waals surface area contributed by atoms with E-state index in [2.05, 4.69) is 6.07 Å². The van der Waals surface area contributed by atoms with Crippen LogP contribution in [0.3, 0.4) is 0 Å². The monoisotopic (exact) mass is 253 g/mol. The minimum atomic E-state index is -0.680. The molecule has 0 aliphatic heterocycles. The number of rotatable bonds is 6. The van der Waals surface area contributed by atoms with Gasteiger partial charge in [-0.3, -0.25) is 0 Å². The summed E-state index contributed by atoms with van der Waals surface area (Å²) in [7, 11) is 1.53. The highest BCUT2D eigenvalue weighted by atomic mass is 32.2. The first-order valence-corrected chi connectivity index (χ1v) is 6.30. The van der Waals surface area contributed by atoms with Gasteiger partial charge in [-0.2, -0.15) is 17.0 Å². The molecule has 5 heteroatoms. The van der Waals surface area contributed by atoms with Crippen LogP contribution in [-0.4, -0.2) is 35.8 Å². The molecule has 2 N–H and O–H groups in total. The molecule has 0 spiro atoms. The third-order valence-corrected chi connectivity index (χ3v) is 3.33. The van der Waals surface area contributed by atoms with E-state index in [1.54, 1.807) is 6.07 Å². The van der Waals surface area contributed by atoms with E-state index in [1.165, 1.54) is 18.9 Å². The van der Waals surface area contributed by atoms with E-state index in [4.69, 9.17) is 15.1 Å². The van der Waals surface area contributed by atoms with Gasteiger partial charge in [0, 0.05) is 11.5 Å². The maximum Gasteiger partial charge on any atom is 0.136 e. The van der Waals surface area contributed by atoms with Crippen LogP contribution >= 0.6 is 11.8 Å². The zero-order valence-corrected chi connectivity index (χ0v) is 10.4. The summed E-state index contributed by atoms with van der Waals surface area (Å²) in [5, 5.41) is 26.7. The number of ether oxygens (including phenoxy) is 1. The molecule has 0 heterocycles. The Hall–Kier alpha value is -1.22. The summed E-state index contributed by atoms with van der Waals surface area (Å²) in [5.74, 6) is 1.76. The van der Waals surface area contributed by atoms with Crippen LogP contribution in [0, 0.1) is 11.3 Å². The molecule has 4 nitrogen and oxygen atoms in total. The molecule has 0 saturated heterocycles. The summed E-state index contributed by atoms with van der Waals surface area (Å²) in [5.41, 5.74) is 1.53. The molecule has 0 aliphatic carbocycles. The summed E-state index contributed by atoms with van der Waals surface area (Å²) >= 11 is 1.52. The van der Waals surface area contributed by atoms with Crippen LogP contribution in [0.25, 0.3) is 0 Å². The van der Waals surface area contributed by atoms with Crippen molar-refractivity contribution in [2.24, 2.45) is 0 Å². The van der Waals surface area contributed by atoms with E-state index in [0.29, 0.717) is 22.8 Å². The van der Waals surface area contributed by atoms with Crippen LogP contribution in [-0.2, 0) is 5.75 Å². The Balaban J connectivity index is 2.58. The minimum absolute atomic E-state index is 0.219. The van der Waals surface area contributed by atoms with Gasteiger partial charge in [-0.25, -0.2) is 0 Å². The summed E-state index contributed by atoms with van der Waals surface area (Å²) in [6, 6.07) is 7.45. The molecule has 17 heavy (non-hydrogen) atoms. The molecule has 1 unspecified atom stereocenters. The molecular weight excluding hydrogens is 238 g/mol. The second-order valence-corrected chi connectivity index (χ2v) is 4.53. The van der Waals surface area contributed by atoms with E-state index in [-0.39, 0.29) is 6.61 Å². The topological polar surface area (TPSA) is 73.5 Å². The number of hydrogen-bond acceptors (Lipinski definition) is 5. The molecule has 1 aromatic carbocycles. The van der Waals surface area contributed by atoms with Crippen LogP contribution in [0.4, 0.5) is 0 Å². The van der Waals surface area contributed by atoms with Gasteiger partial charge in [0.2, 0.25) is 0 Å². The molecule has 1 aromatic rings. The van der Waals surface area contributed by atoms with Crippen molar-refractivity contribution in [2.75, 3.05) is 19.5 Å².